The van der Waals surface area contributed by atoms with Gasteiger partial charge in [-0.1, -0.05) is 0 Å². The number of guanidine groups is 1. The Kier molecular flexibility index (Phi) is 7.84. The molecule has 1 N–H and O–H groups in total. The number of hydrogen-bond acceptors (Lipinski definition) is 5. The minimum Gasteiger partial charge on any atom is -0.496 e. The van der Waals surface area contributed by atoms with Crippen LogP contribution < -0.4 is 19.5 Å². The molecule has 1 aromatic rings. The Hall–Kier alpha value is -2.15. The molecule has 0 aliphatic heterocycles. The van der Waals surface area contributed by atoms with Crippen molar-refractivity contribution in [1.29, 1.82) is 0 Å². The van der Waals surface area contributed by atoms with E-state index in [1.807, 2.05) is 19.2 Å². The average Bonchev–Trinajstić information content (AvgIpc) is 3.49. The van der Waals surface area contributed by atoms with Gasteiger partial charge >= 0.3 is 0 Å². The third-order valence-electron chi connectivity index (χ3n) is 4.44. The van der Waals surface area contributed by atoms with Gasteiger partial charge in [-0.25, -0.2) is 0 Å². The Morgan fingerprint density at radius 3 is 2.31 bits per heavy atom. The molecule has 7 heteroatoms. The normalized spacial score (nSPS) is 14.1. The zero-order valence-corrected chi connectivity index (χ0v) is 16.5. The zero-order chi connectivity index (χ0) is 18.9. The summed E-state index contributed by atoms with van der Waals surface area (Å²) in [7, 11) is 8.66. The third kappa shape index (κ3) is 5.69. The first-order chi connectivity index (χ1) is 12.6. The molecule has 1 fully saturated rings. The predicted molar refractivity (Wildman–Crippen MR) is 102 cm³/mol. The van der Waals surface area contributed by atoms with E-state index >= 15 is 0 Å². The van der Waals surface area contributed by atoms with Crippen molar-refractivity contribution in [3.8, 4) is 17.2 Å². The van der Waals surface area contributed by atoms with Crippen LogP contribution in [-0.4, -0.2) is 66.0 Å². The van der Waals surface area contributed by atoms with E-state index in [0.29, 0.717) is 30.4 Å². The highest BCUT2D eigenvalue weighted by Crippen LogP contribution is 2.33. The van der Waals surface area contributed by atoms with Gasteiger partial charge in [0.2, 0.25) is 0 Å². The number of rotatable bonds is 10. The molecule has 0 radical (unpaired) electrons. The van der Waals surface area contributed by atoms with Gasteiger partial charge < -0.3 is 29.2 Å². The van der Waals surface area contributed by atoms with E-state index in [4.69, 9.17) is 18.9 Å². The van der Waals surface area contributed by atoms with Gasteiger partial charge in [-0.05, 0) is 18.8 Å². The van der Waals surface area contributed by atoms with Crippen molar-refractivity contribution < 1.29 is 18.9 Å². The van der Waals surface area contributed by atoms with Gasteiger partial charge in [0.1, 0.15) is 17.2 Å². The van der Waals surface area contributed by atoms with Gasteiger partial charge in [0, 0.05) is 39.4 Å². The zero-order valence-electron chi connectivity index (χ0n) is 16.5. The van der Waals surface area contributed by atoms with E-state index in [-0.39, 0.29) is 0 Å². The molecular weight excluding hydrogens is 334 g/mol. The van der Waals surface area contributed by atoms with E-state index in [1.54, 1.807) is 28.4 Å². The number of aliphatic imine (C=N–C) groups is 1. The summed E-state index contributed by atoms with van der Waals surface area (Å²) in [4.78, 5) is 6.39. The molecule has 1 aliphatic carbocycles. The Morgan fingerprint density at radius 1 is 1.15 bits per heavy atom. The first-order valence-corrected chi connectivity index (χ1v) is 8.91. The maximum Gasteiger partial charge on any atom is 0.193 e. The molecule has 1 aliphatic rings. The predicted octanol–water partition coefficient (Wildman–Crippen LogP) is 2.15. The highest BCUT2D eigenvalue weighted by Gasteiger charge is 2.21. The van der Waals surface area contributed by atoms with Gasteiger partial charge in [0.25, 0.3) is 0 Å². The van der Waals surface area contributed by atoms with E-state index in [9.17, 15) is 0 Å². The number of ether oxygens (including phenoxy) is 4. The van der Waals surface area contributed by atoms with Gasteiger partial charge in [0.15, 0.2) is 5.96 Å². The standard InChI is InChI=1S/C19H31N3O4/c1-20-19(22(2)8-9-26-13-14-6-7-14)21-12-16-17(24-4)10-15(23-3)11-18(16)25-5/h10-11,14H,6-9,12-13H2,1-5H3,(H,20,21). The van der Waals surface area contributed by atoms with Crippen molar-refractivity contribution in [3.63, 3.8) is 0 Å². The van der Waals surface area contributed by atoms with Crippen LogP contribution in [0.2, 0.25) is 0 Å². The van der Waals surface area contributed by atoms with E-state index in [1.165, 1.54) is 12.8 Å². The summed E-state index contributed by atoms with van der Waals surface area (Å²) in [6.07, 6.45) is 2.62. The molecule has 0 bridgehead atoms. The molecule has 0 amide bonds. The minimum atomic E-state index is 0.524. The lowest BCUT2D eigenvalue weighted by Gasteiger charge is -2.23. The largest absolute Gasteiger partial charge is 0.496 e. The molecule has 0 spiro atoms. The van der Waals surface area contributed by atoms with Crippen molar-refractivity contribution in [3.05, 3.63) is 17.7 Å². The molecule has 1 saturated carbocycles. The van der Waals surface area contributed by atoms with Gasteiger partial charge in [-0.2, -0.15) is 0 Å². The van der Waals surface area contributed by atoms with E-state index in [0.717, 1.165) is 30.6 Å². The van der Waals surface area contributed by atoms with Gasteiger partial charge in [0.05, 0.1) is 40.0 Å². The summed E-state index contributed by atoms with van der Waals surface area (Å²) in [5.41, 5.74) is 0.912. The van der Waals surface area contributed by atoms with Crippen molar-refractivity contribution in [2.45, 2.75) is 19.4 Å². The number of nitrogens with one attached hydrogen (secondary N) is 1. The van der Waals surface area contributed by atoms with E-state index < -0.39 is 0 Å². The molecule has 0 saturated heterocycles. The van der Waals surface area contributed by atoms with Crippen LogP contribution in [0.1, 0.15) is 18.4 Å². The first kappa shape index (κ1) is 20.2. The highest BCUT2D eigenvalue weighted by atomic mass is 16.5. The minimum absolute atomic E-state index is 0.524. The van der Waals surface area contributed by atoms with Crippen LogP contribution >= 0.6 is 0 Å². The fourth-order valence-electron chi connectivity index (χ4n) is 2.65. The molecule has 26 heavy (non-hydrogen) atoms. The monoisotopic (exact) mass is 365 g/mol. The Balaban J connectivity index is 1.93. The number of likely N-dealkylation sites (N-methyl/N-ethyl adjacent to an activating group) is 1. The number of methoxy groups -OCH3 is 3. The summed E-state index contributed by atoms with van der Waals surface area (Å²) < 4.78 is 22.0. The molecule has 0 atom stereocenters. The number of nitrogens with zero attached hydrogens (tertiary/aromatic N) is 2. The lowest BCUT2D eigenvalue weighted by Crippen LogP contribution is -2.40. The summed E-state index contributed by atoms with van der Waals surface area (Å²) in [6, 6.07) is 3.69. The van der Waals surface area contributed by atoms with Crippen molar-refractivity contribution in [2.24, 2.45) is 10.9 Å². The van der Waals surface area contributed by atoms with Gasteiger partial charge in [-0.3, -0.25) is 4.99 Å². The smallest absolute Gasteiger partial charge is 0.193 e. The maximum absolute atomic E-state index is 5.71. The van der Waals surface area contributed by atoms with Gasteiger partial charge in [-0.15, -0.1) is 0 Å². The summed E-state index contributed by atoms with van der Waals surface area (Å²) >= 11 is 0. The second-order valence-corrected chi connectivity index (χ2v) is 6.35. The molecule has 1 aromatic carbocycles. The molecule has 0 aromatic heterocycles. The summed E-state index contributed by atoms with van der Waals surface area (Å²) in [5.74, 6) is 3.68. The van der Waals surface area contributed by atoms with Crippen molar-refractivity contribution >= 4 is 5.96 Å². The number of hydrogen-bond donors (Lipinski definition) is 1. The van der Waals surface area contributed by atoms with Crippen LogP contribution in [0.3, 0.4) is 0 Å². The Morgan fingerprint density at radius 2 is 1.81 bits per heavy atom. The fourth-order valence-corrected chi connectivity index (χ4v) is 2.65. The molecule has 7 nitrogen and oxygen atoms in total. The Bertz CT molecular complexity index is 577. The lowest BCUT2D eigenvalue weighted by molar-refractivity contribution is 0.115. The van der Waals surface area contributed by atoms with Crippen molar-refractivity contribution in [1.82, 2.24) is 10.2 Å². The van der Waals surface area contributed by atoms with Crippen LogP contribution in [-0.2, 0) is 11.3 Å². The topological polar surface area (TPSA) is 64.6 Å². The molecule has 2 rings (SSSR count). The molecular formula is C19H31N3O4. The van der Waals surface area contributed by atoms with Crippen LogP contribution in [0.15, 0.2) is 17.1 Å². The van der Waals surface area contributed by atoms with Crippen LogP contribution in [0.25, 0.3) is 0 Å². The first-order valence-electron chi connectivity index (χ1n) is 8.91. The highest BCUT2D eigenvalue weighted by molar-refractivity contribution is 5.79. The third-order valence-corrected chi connectivity index (χ3v) is 4.44. The van der Waals surface area contributed by atoms with Crippen molar-refractivity contribution in [2.75, 3.05) is 55.2 Å². The Labute approximate surface area is 156 Å². The second kappa shape index (κ2) is 10.1. The fraction of sp³-hybridized carbons (Fsp3) is 0.632. The molecule has 0 heterocycles. The van der Waals surface area contributed by atoms with Crippen LogP contribution in [0.5, 0.6) is 17.2 Å². The molecule has 146 valence electrons. The maximum atomic E-state index is 5.71. The summed E-state index contributed by atoms with van der Waals surface area (Å²) in [6.45, 7) is 2.88. The number of benzene rings is 1. The quantitative estimate of drug-likeness (QED) is 0.389. The van der Waals surface area contributed by atoms with E-state index in [2.05, 4.69) is 15.2 Å². The second-order valence-electron chi connectivity index (χ2n) is 6.35. The average molecular weight is 365 g/mol. The van der Waals surface area contributed by atoms with Crippen LogP contribution in [0.4, 0.5) is 0 Å². The summed E-state index contributed by atoms with van der Waals surface area (Å²) in [5, 5.41) is 3.35. The SMILES string of the molecule is CN=C(NCc1c(OC)cc(OC)cc1OC)N(C)CCOCC1CC1. The van der Waals surface area contributed by atoms with Crippen LogP contribution in [0, 0.1) is 5.92 Å². The lowest BCUT2D eigenvalue weighted by atomic mass is 10.1. The molecule has 0 unspecified atom stereocenters.